The van der Waals surface area contributed by atoms with Crippen molar-refractivity contribution < 1.29 is 19.2 Å². The lowest BCUT2D eigenvalue weighted by Gasteiger charge is -2.33. The molecule has 0 aliphatic carbocycles. The third kappa shape index (κ3) is 3.25. The summed E-state index contributed by atoms with van der Waals surface area (Å²) >= 11 is 0. The first-order valence-electron chi connectivity index (χ1n) is 15.0. The van der Waals surface area contributed by atoms with Crippen LogP contribution in [-0.4, -0.2) is 35.6 Å². The lowest BCUT2D eigenvalue weighted by Crippen LogP contribution is -2.40. The number of nitrogens with one attached hydrogen (secondary N) is 1. The Hall–Kier alpha value is -4.06. The Morgan fingerprint density at radius 1 is 0.488 bits per heavy atom. The van der Waals surface area contributed by atoms with Gasteiger partial charge in [0, 0.05) is 17.8 Å². The van der Waals surface area contributed by atoms with E-state index in [4.69, 9.17) is 0 Å². The van der Waals surface area contributed by atoms with Gasteiger partial charge in [0.05, 0.1) is 22.3 Å². The Balaban J connectivity index is 2.13. The number of carbonyl (C=O) groups excluding carboxylic acids is 4. The van der Waals surface area contributed by atoms with Crippen molar-refractivity contribution >= 4 is 55.9 Å². The molecule has 2 aliphatic rings. The van der Waals surface area contributed by atoms with E-state index in [0.717, 1.165) is 56.6 Å². The number of imide groups is 2. The van der Waals surface area contributed by atoms with Crippen LogP contribution in [0.3, 0.4) is 0 Å². The number of rotatable bonds is 6. The Morgan fingerprint density at radius 3 is 1.29 bits per heavy atom. The number of carbonyl (C=O) groups is 4. The van der Waals surface area contributed by atoms with Crippen molar-refractivity contribution in [1.29, 1.82) is 0 Å². The average Bonchev–Trinajstić information content (AvgIpc) is 2.98. The molecule has 0 unspecified atom stereocenters. The number of hydrogen-bond acceptors (Lipinski definition) is 4. The summed E-state index contributed by atoms with van der Waals surface area (Å²) < 4.78 is 0. The van der Waals surface area contributed by atoms with E-state index in [1.54, 1.807) is 7.05 Å². The van der Waals surface area contributed by atoms with Gasteiger partial charge in [0.15, 0.2) is 0 Å². The second kappa shape index (κ2) is 9.51. The molecule has 0 radical (unpaired) electrons. The molecule has 6 rings (SSSR count). The van der Waals surface area contributed by atoms with E-state index in [1.165, 1.54) is 16.0 Å². The Labute approximate surface area is 240 Å². The molecule has 1 N–H and O–H groups in total. The zero-order valence-corrected chi connectivity index (χ0v) is 25.0. The molecular formula is C35H36N2O4. The average molecular weight is 549 g/mol. The molecule has 2 aliphatic heterocycles. The molecular weight excluding hydrogens is 512 g/mol. The molecule has 4 aromatic carbocycles. The summed E-state index contributed by atoms with van der Waals surface area (Å²) in [6.45, 7) is 12.5. The number of aryl methyl sites for hydroxylation is 4. The van der Waals surface area contributed by atoms with Crippen molar-refractivity contribution in [2.75, 3.05) is 7.05 Å². The van der Waals surface area contributed by atoms with Crippen LogP contribution in [0.25, 0.3) is 32.3 Å². The van der Waals surface area contributed by atoms with E-state index < -0.39 is 11.8 Å². The lowest BCUT2D eigenvalue weighted by molar-refractivity contribution is 0.0651. The van der Waals surface area contributed by atoms with Gasteiger partial charge >= 0.3 is 0 Å². The molecule has 2 heterocycles. The van der Waals surface area contributed by atoms with Gasteiger partial charge in [-0.3, -0.25) is 29.4 Å². The first-order valence-corrected chi connectivity index (χ1v) is 15.0. The van der Waals surface area contributed by atoms with Crippen molar-refractivity contribution in [3.63, 3.8) is 0 Å². The van der Waals surface area contributed by atoms with Gasteiger partial charge in [-0.2, -0.15) is 0 Å². The molecule has 0 saturated heterocycles. The molecule has 4 aromatic rings. The molecule has 0 bridgehead atoms. The van der Waals surface area contributed by atoms with Crippen molar-refractivity contribution in [2.24, 2.45) is 0 Å². The third-order valence-electron chi connectivity index (χ3n) is 9.47. The standard InChI is InChI=1S/C35H36N2O4/c1-8-16-14-15-17(9-2)23-22(16)28-26-27-30(23)34(40)37(7)35(41)31(27)25-21(13-6)19(11-4)18(10-3)20(12-5)24(25)29(26)33(39)36-32(28)38/h14-15H,8-13H2,1-7H3,(H,36,38,39). The SMILES string of the molecule is CCc1c(CC)c(CC)c2c3c4c(c5c(CC)ccc(CC)c5c5c4c(c2c1CC)C(=O)NC5=O)C(=O)N(C)C3=O. The summed E-state index contributed by atoms with van der Waals surface area (Å²) in [4.78, 5) is 57.5. The Bertz CT molecular complexity index is 1910. The second-order valence-corrected chi connectivity index (χ2v) is 11.1. The van der Waals surface area contributed by atoms with Crippen molar-refractivity contribution in [3.05, 3.63) is 67.8 Å². The van der Waals surface area contributed by atoms with E-state index in [1.807, 2.05) is 26.0 Å². The Kier molecular flexibility index (Phi) is 6.29. The fraction of sp³-hybridized carbons (Fsp3) is 0.371. The molecule has 4 amide bonds. The quantitative estimate of drug-likeness (QED) is 0.217. The van der Waals surface area contributed by atoms with Crippen LogP contribution in [0.1, 0.15) is 116 Å². The molecule has 0 atom stereocenters. The highest BCUT2D eigenvalue weighted by atomic mass is 16.2. The fourth-order valence-corrected chi connectivity index (χ4v) is 7.79. The van der Waals surface area contributed by atoms with Crippen LogP contribution in [0.15, 0.2) is 12.1 Å². The number of hydrogen-bond donors (Lipinski definition) is 1. The zero-order chi connectivity index (χ0) is 29.5. The van der Waals surface area contributed by atoms with Gasteiger partial charge in [-0.05, 0) is 93.5 Å². The zero-order valence-electron chi connectivity index (χ0n) is 25.0. The van der Waals surface area contributed by atoms with Gasteiger partial charge < -0.3 is 0 Å². The molecule has 0 fully saturated rings. The van der Waals surface area contributed by atoms with Crippen molar-refractivity contribution in [1.82, 2.24) is 10.2 Å². The predicted molar refractivity (Wildman–Crippen MR) is 163 cm³/mol. The predicted octanol–water partition coefficient (Wildman–Crippen LogP) is 6.63. The fourth-order valence-electron chi connectivity index (χ4n) is 7.79. The minimum absolute atomic E-state index is 0.379. The van der Waals surface area contributed by atoms with E-state index in [0.29, 0.717) is 58.7 Å². The highest BCUT2D eigenvalue weighted by molar-refractivity contribution is 6.44. The third-order valence-corrected chi connectivity index (χ3v) is 9.47. The summed E-state index contributed by atoms with van der Waals surface area (Å²) in [6, 6.07) is 4.06. The van der Waals surface area contributed by atoms with E-state index in [2.05, 4.69) is 33.0 Å². The van der Waals surface area contributed by atoms with Crippen LogP contribution in [0.2, 0.25) is 0 Å². The minimum atomic E-state index is -0.471. The van der Waals surface area contributed by atoms with Gasteiger partial charge in [0.2, 0.25) is 0 Å². The summed E-state index contributed by atoms with van der Waals surface area (Å²) in [5.74, 6) is -1.70. The summed E-state index contributed by atoms with van der Waals surface area (Å²) in [6.07, 6.45) is 4.25. The van der Waals surface area contributed by atoms with Crippen LogP contribution in [0.4, 0.5) is 0 Å². The highest BCUT2D eigenvalue weighted by Crippen LogP contribution is 2.49. The molecule has 0 spiro atoms. The van der Waals surface area contributed by atoms with Gasteiger partial charge in [-0.1, -0.05) is 53.7 Å². The highest BCUT2D eigenvalue weighted by Gasteiger charge is 2.42. The van der Waals surface area contributed by atoms with E-state index in [-0.39, 0.29) is 11.8 Å². The second-order valence-electron chi connectivity index (χ2n) is 11.1. The topological polar surface area (TPSA) is 83.6 Å². The lowest BCUT2D eigenvalue weighted by atomic mass is 9.74. The number of amides is 4. The van der Waals surface area contributed by atoms with Gasteiger partial charge in [-0.25, -0.2) is 0 Å². The summed E-state index contributed by atoms with van der Waals surface area (Å²) in [5, 5.41) is 6.58. The summed E-state index contributed by atoms with van der Waals surface area (Å²) in [5.41, 5.74) is 8.14. The maximum absolute atomic E-state index is 14.3. The van der Waals surface area contributed by atoms with Crippen LogP contribution in [0, 0.1) is 0 Å². The van der Waals surface area contributed by atoms with Gasteiger partial charge in [0.1, 0.15) is 0 Å². The first-order chi connectivity index (χ1) is 19.7. The van der Waals surface area contributed by atoms with E-state index in [9.17, 15) is 19.2 Å². The number of fused-ring (bicyclic) bond motifs is 6. The summed E-state index contributed by atoms with van der Waals surface area (Å²) in [7, 11) is 1.55. The largest absolute Gasteiger partial charge is 0.288 e. The minimum Gasteiger partial charge on any atom is -0.288 e. The van der Waals surface area contributed by atoms with Crippen LogP contribution in [-0.2, 0) is 38.5 Å². The first kappa shape index (κ1) is 27.1. The van der Waals surface area contributed by atoms with Crippen molar-refractivity contribution in [2.45, 2.75) is 80.1 Å². The van der Waals surface area contributed by atoms with Crippen LogP contribution < -0.4 is 5.32 Å². The monoisotopic (exact) mass is 548 g/mol. The molecule has 6 nitrogen and oxygen atoms in total. The molecule has 41 heavy (non-hydrogen) atoms. The van der Waals surface area contributed by atoms with Crippen LogP contribution in [0.5, 0.6) is 0 Å². The normalized spacial score (nSPS) is 14.7. The van der Waals surface area contributed by atoms with Crippen molar-refractivity contribution in [3.8, 4) is 0 Å². The molecule has 0 saturated carbocycles. The number of benzene rings is 4. The molecule has 0 aromatic heterocycles. The van der Waals surface area contributed by atoms with Crippen LogP contribution >= 0.6 is 0 Å². The van der Waals surface area contributed by atoms with Gasteiger partial charge in [0.25, 0.3) is 23.6 Å². The maximum Gasteiger partial charge on any atom is 0.261 e. The van der Waals surface area contributed by atoms with E-state index >= 15 is 0 Å². The Morgan fingerprint density at radius 2 is 0.854 bits per heavy atom. The van der Waals surface area contributed by atoms with Gasteiger partial charge in [-0.15, -0.1) is 0 Å². The molecule has 6 heteroatoms. The maximum atomic E-state index is 14.3. The smallest absolute Gasteiger partial charge is 0.261 e. The number of nitrogens with zero attached hydrogens (tertiary/aromatic N) is 1. The molecule has 210 valence electrons.